The third-order valence-electron chi connectivity index (χ3n) is 5.21. The summed E-state index contributed by atoms with van der Waals surface area (Å²) >= 11 is 7.25. The maximum absolute atomic E-state index is 13.0. The molecule has 4 rings (SSSR count). The van der Waals surface area contributed by atoms with Gasteiger partial charge in [-0.15, -0.1) is 11.3 Å². The zero-order valence-electron chi connectivity index (χ0n) is 17.4. The number of hydrogen-bond donors (Lipinski definition) is 1. The highest BCUT2D eigenvalue weighted by atomic mass is 35.5. The molecule has 1 N–H and O–H groups in total. The molecule has 0 aliphatic heterocycles. The molecule has 0 aliphatic rings. The van der Waals surface area contributed by atoms with Crippen LogP contribution in [0.4, 0.5) is 5.69 Å². The summed E-state index contributed by atoms with van der Waals surface area (Å²) in [7, 11) is -2.23. The zero-order chi connectivity index (χ0) is 22.9. The highest BCUT2D eigenvalue weighted by Gasteiger charge is 2.22. The van der Waals surface area contributed by atoms with E-state index in [0.29, 0.717) is 15.6 Å². The summed E-state index contributed by atoms with van der Waals surface area (Å²) in [6.07, 6.45) is 0. The van der Waals surface area contributed by atoms with E-state index in [9.17, 15) is 13.2 Å². The van der Waals surface area contributed by atoms with Crippen LogP contribution in [0.15, 0.2) is 83.8 Å². The van der Waals surface area contributed by atoms with Crippen LogP contribution in [0.1, 0.15) is 28.2 Å². The van der Waals surface area contributed by atoms with Crippen molar-refractivity contribution < 1.29 is 13.2 Å². The number of halogens is 1. The highest BCUT2D eigenvalue weighted by Crippen LogP contribution is 2.31. The van der Waals surface area contributed by atoms with Gasteiger partial charge >= 0.3 is 0 Å². The van der Waals surface area contributed by atoms with Crippen molar-refractivity contribution in [2.45, 2.75) is 17.9 Å². The van der Waals surface area contributed by atoms with Gasteiger partial charge in [0.2, 0.25) is 0 Å². The number of carbonyl (C=O) groups excluding carboxylic acids is 1. The number of sulfonamides is 1. The van der Waals surface area contributed by atoms with Crippen LogP contribution in [0, 0.1) is 0 Å². The molecule has 4 aromatic rings. The monoisotopic (exact) mass is 484 g/mol. The normalized spacial score (nSPS) is 12.5. The van der Waals surface area contributed by atoms with Gasteiger partial charge in [0, 0.05) is 16.8 Å². The number of anilines is 1. The van der Waals surface area contributed by atoms with E-state index in [0.717, 1.165) is 15.6 Å². The minimum atomic E-state index is -3.73. The predicted molar refractivity (Wildman–Crippen MR) is 131 cm³/mol. The maximum atomic E-state index is 13.0. The Morgan fingerprint density at radius 1 is 1.00 bits per heavy atom. The van der Waals surface area contributed by atoms with Crippen molar-refractivity contribution in [1.82, 2.24) is 5.32 Å². The summed E-state index contributed by atoms with van der Waals surface area (Å²) in [6, 6.07) is 22.8. The van der Waals surface area contributed by atoms with E-state index in [4.69, 9.17) is 11.6 Å². The van der Waals surface area contributed by atoms with E-state index < -0.39 is 10.0 Å². The fraction of sp³-hybridized carbons (Fsp3) is 0.125. The molecule has 1 aromatic heterocycles. The first-order valence-electron chi connectivity index (χ1n) is 9.89. The first kappa shape index (κ1) is 22.3. The lowest BCUT2D eigenvalue weighted by Gasteiger charge is -2.19. The van der Waals surface area contributed by atoms with Crippen molar-refractivity contribution in [2.24, 2.45) is 0 Å². The third-order valence-corrected chi connectivity index (χ3v) is 8.37. The van der Waals surface area contributed by atoms with Crippen molar-refractivity contribution >= 4 is 54.6 Å². The molecule has 0 bridgehead atoms. The van der Waals surface area contributed by atoms with Gasteiger partial charge in [-0.05, 0) is 66.4 Å². The number of amides is 1. The van der Waals surface area contributed by atoms with Crippen LogP contribution in [-0.4, -0.2) is 21.4 Å². The van der Waals surface area contributed by atoms with Crippen LogP contribution in [0.25, 0.3) is 10.1 Å². The van der Waals surface area contributed by atoms with Crippen LogP contribution < -0.4 is 9.62 Å². The molecule has 0 saturated carbocycles. The Morgan fingerprint density at radius 2 is 1.69 bits per heavy atom. The Balaban J connectivity index is 1.57. The second-order valence-electron chi connectivity index (χ2n) is 7.37. The van der Waals surface area contributed by atoms with E-state index in [1.165, 1.54) is 34.8 Å². The second-order valence-corrected chi connectivity index (χ2v) is 10.9. The van der Waals surface area contributed by atoms with Gasteiger partial charge in [0.05, 0.1) is 21.5 Å². The summed E-state index contributed by atoms with van der Waals surface area (Å²) in [5.74, 6) is -0.161. The number of carbonyl (C=O) groups is 1. The maximum Gasteiger partial charge on any atom is 0.264 e. The van der Waals surface area contributed by atoms with Crippen molar-refractivity contribution in [1.29, 1.82) is 0 Å². The number of fused-ring (bicyclic) bond motifs is 1. The first-order chi connectivity index (χ1) is 15.3. The molecule has 0 saturated heterocycles. The second kappa shape index (κ2) is 8.94. The van der Waals surface area contributed by atoms with Crippen LogP contribution in [0.2, 0.25) is 5.02 Å². The van der Waals surface area contributed by atoms with Gasteiger partial charge in [-0.2, -0.15) is 0 Å². The number of hydrogen-bond acceptors (Lipinski definition) is 4. The van der Waals surface area contributed by atoms with E-state index in [2.05, 4.69) is 5.32 Å². The molecule has 1 atom stereocenters. The van der Waals surface area contributed by atoms with Crippen LogP contribution in [-0.2, 0) is 10.0 Å². The van der Waals surface area contributed by atoms with Gasteiger partial charge in [-0.25, -0.2) is 8.42 Å². The van der Waals surface area contributed by atoms with Gasteiger partial charge in [0.25, 0.3) is 15.9 Å². The smallest absolute Gasteiger partial charge is 0.264 e. The largest absolute Gasteiger partial charge is 0.345 e. The lowest BCUT2D eigenvalue weighted by molar-refractivity contribution is 0.0944. The first-order valence-corrected chi connectivity index (χ1v) is 12.5. The van der Waals surface area contributed by atoms with E-state index in [1.807, 2.05) is 43.3 Å². The predicted octanol–water partition coefficient (Wildman–Crippen LogP) is 5.87. The molecule has 32 heavy (non-hydrogen) atoms. The number of nitrogens with one attached hydrogen (secondary N) is 1. The molecule has 0 fully saturated rings. The van der Waals surface area contributed by atoms with Crippen LogP contribution >= 0.6 is 22.9 Å². The summed E-state index contributed by atoms with van der Waals surface area (Å²) in [6.45, 7) is 1.94. The molecule has 1 unspecified atom stereocenters. The van der Waals surface area contributed by atoms with E-state index in [-0.39, 0.29) is 16.8 Å². The summed E-state index contributed by atoms with van der Waals surface area (Å²) in [5, 5.41) is 4.29. The summed E-state index contributed by atoms with van der Waals surface area (Å²) in [4.78, 5) is 13.5. The Kier molecular flexibility index (Phi) is 6.24. The molecule has 164 valence electrons. The Morgan fingerprint density at radius 3 is 2.38 bits per heavy atom. The number of thiophene rings is 1. The SMILES string of the molecule is CC(NC(=O)c1cc2cc(N(C)S(=O)(=O)c3ccc(Cl)cc3)ccc2s1)c1ccccc1. The molecule has 1 amide bonds. The number of rotatable bonds is 6. The minimum absolute atomic E-state index is 0.125. The van der Waals surface area contributed by atoms with Gasteiger partial charge in [0.15, 0.2) is 0 Å². The van der Waals surface area contributed by atoms with Crippen molar-refractivity contribution in [3.63, 3.8) is 0 Å². The van der Waals surface area contributed by atoms with E-state index in [1.54, 1.807) is 30.3 Å². The fourth-order valence-electron chi connectivity index (χ4n) is 3.33. The molecule has 1 heterocycles. The summed E-state index contributed by atoms with van der Waals surface area (Å²) < 4.78 is 28.1. The molecular formula is C24H21ClN2O3S2. The Labute approximate surface area is 196 Å². The summed E-state index contributed by atoms with van der Waals surface area (Å²) in [5.41, 5.74) is 1.54. The number of nitrogens with zero attached hydrogens (tertiary/aromatic N) is 1. The van der Waals surface area contributed by atoms with E-state index >= 15 is 0 Å². The van der Waals surface area contributed by atoms with Crippen molar-refractivity contribution in [2.75, 3.05) is 11.4 Å². The topological polar surface area (TPSA) is 66.5 Å². The van der Waals surface area contributed by atoms with Gasteiger partial charge in [-0.3, -0.25) is 9.10 Å². The van der Waals surface area contributed by atoms with Crippen molar-refractivity contribution in [3.8, 4) is 0 Å². The molecule has 5 nitrogen and oxygen atoms in total. The molecule has 0 spiro atoms. The van der Waals surface area contributed by atoms with Gasteiger partial charge in [-0.1, -0.05) is 41.9 Å². The molecule has 3 aromatic carbocycles. The van der Waals surface area contributed by atoms with Gasteiger partial charge < -0.3 is 5.32 Å². The molecule has 8 heteroatoms. The minimum Gasteiger partial charge on any atom is -0.345 e. The molecular weight excluding hydrogens is 464 g/mol. The lowest BCUT2D eigenvalue weighted by atomic mass is 10.1. The highest BCUT2D eigenvalue weighted by molar-refractivity contribution is 7.92. The quantitative estimate of drug-likeness (QED) is 0.372. The third kappa shape index (κ3) is 4.50. The molecule has 0 radical (unpaired) electrons. The Hall–Kier alpha value is -2.87. The number of benzene rings is 3. The van der Waals surface area contributed by atoms with Crippen LogP contribution in [0.5, 0.6) is 0 Å². The average molecular weight is 485 g/mol. The van der Waals surface area contributed by atoms with Crippen LogP contribution in [0.3, 0.4) is 0 Å². The zero-order valence-corrected chi connectivity index (χ0v) is 19.8. The van der Waals surface area contributed by atoms with Crippen molar-refractivity contribution in [3.05, 3.63) is 94.3 Å². The van der Waals surface area contributed by atoms with Gasteiger partial charge in [0.1, 0.15) is 0 Å². The average Bonchev–Trinajstić information content (AvgIpc) is 3.23. The lowest BCUT2D eigenvalue weighted by Crippen LogP contribution is -2.26. The Bertz CT molecular complexity index is 1370. The fourth-order valence-corrected chi connectivity index (χ4v) is 5.59. The molecule has 0 aliphatic carbocycles. The standard InChI is InChI=1S/C24H21ClN2O3S2/c1-16(17-6-4-3-5-7-17)26-24(28)23-15-18-14-20(10-13-22(18)31-23)27(2)32(29,30)21-11-8-19(25)9-12-21/h3-16H,1-2H3,(H,26,28).